The third-order valence-electron chi connectivity index (χ3n) is 7.83. The number of hydrogen-bond acceptors (Lipinski definition) is 7. The zero-order chi connectivity index (χ0) is 30.4. The molecule has 0 unspecified atom stereocenters. The van der Waals surface area contributed by atoms with Crippen LogP contribution >= 0.6 is 0 Å². The van der Waals surface area contributed by atoms with E-state index in [9.17, 15) is 18.5 Å². The van der Waals surface area contributed by atoms with Crippen LogP contribution < -0.4 is 14.2 Å². The molecule has 230 valence electrons. The lowest BCUT2D eigenvalue weighted by atomic mass is 9.92. The van der Waals surface area contributed by atoms with Crippen LogP contribution in [0.3, 0.4) is 0 Å². The first kappa shape index (κ1) is 31.0. The number of ether oxygens (including phenoxy) is 4. The fourth-order valence-corrected chi connectivity index (χ4v) is 6.67. The lowest BCUT2D eigenvalue weighted by Gasteiger charge is -2.31. The van der Waals surface area contributed by atoms with E-state index in [2.05, 4.69) is 13.0 Å². The molecule has 1 saturated heterocycles. The van der Waals surface area contributed by atoms with Crippen molar-refractivity contribution in [1.82, 2.24) is 0 Å². The first-order valence-electron chi connectivity index (χ1n) is 14.9. The Morgan fingerprint density at radius 3 is 2.58 bits per heavy atom. The number of fused-ring (bicyclic) bond motifs is 3. The first-order valence-corrected chi connectivity index (χ1v) is 16.4. The van der Waals surface area contributed by atoms with Crippen LogP contribution in [-0.4, -0.2) is 52.2 Å². The topological polar surface area (TPSA) is 91.3 Å². The first-order chi connectivity index (χ1) is 20.7. The summed E-state index contributed by atoms with van der Waals surface area (Å²) in [6, 6.07) is 16.1. The zero-order valence-corrected chi connectivity index (χ0v) is 25.6. The van der Waals surface area contributed by atoms with Gasteiger partial charge in [0.15, 0.2) is 0 Å². The van der Waals surface area contributed by atoms with E-state index in [1.165, 1.54) is 12.1 Å². The Kier molecular flexibility index (Phi) is 10.0. The van der Waals surface area contributed by atoms with Crippen molar-refractivity contribution in [1.29, 1.82) is 0 Å². The van der Waals surface area contributed by atoms with Gasteiger partial charge in [0, 0.05) is 40.4 Å². The predicted molar refractivity (Wildman–Crippen MR) is 163 cm³/mol. The Labute approximate surface area is 254 Å². The molecule has 9 heteroatoms. The maximum atomic E-state index is 13.5. The second-order valence-corrected chi connectivity index (χ2v) is 13.0. The van der Waals surface area contributed by atoms with Crippen molar-refractivity contribution < 1.29 is 37.4 Å². The standard InChI is InChI=1S/C28H29FO5S.C6H10O2/c1-19-13-24(34-18-28(30)8-11-35(31)12-9-28)15-21-7-10-32-26-6-5-20(14-25(26)27(19)21)17-33-23-4-2-3-22(29)16-23;1-2-8-6(7)5-3-4-5/h2-6,13-16,30H,7-12,17-18H2,1H3;5H,2-4H2,1H3. The van der Waals surface area contributed by atoms with Gasteiger partial charge in [-0.25, -0.2) is 4.39 Å². The molecule has 43 heavy (non-hydrogen) atoms. The molecule has 0 bridgehead atoms. The second-order valence-electron chi connectivity index (χ2n) is 11.3. The van der Waals surface area contributed by atoms with Gasteiger partial charge in [0.05, 0.1) is 19.1 Å². The molecular weight excluding hydrogens is 571 g/mol. The number of aryl methyl sites for hydroxylation is 1. The van der Waals surface area contributed by atoms with Crippen molar-refractivity contribution in [3.05, 3.63) is 77.1 Å². The molecular formula is C34H39FO7S. The molecule has 6 rings (SSSR count). The number of esters is 1. The molecule has 3 aromatic rings. The van der Waals surface area contributed by atoms with Gasteiger partial charge in [-0.2, -0.15) is 0 Å². The van der Waals surface area contributed by atoms with Crippen molar-refractivity contribution >= 4 is 16.8 Å². The molecule has 1 N–H and O–H groups in total. The third-order valence-corrected chi connectivity index (χ3v) is 9.15. The molecule has 1 saturated carbocycles. The normalized spacial score (nSPS) is 20.7. The lowest BCUT2D eigenvalue weighted by Crippen LogP contribution is -2.42. The zero-order valence-electron chi connectivity index (χ0n) is 24.7. The highest BCUT2D eigenvalue weighted by molar-refractivity contribution is 7.85. The summed E-state index contributed by atoms with van der Waals surface area (Å²) in [6.07, 6.45) is 3.80. The second kappa shape index (κ2) is 13.9. The average molecular weight is 611 g/mol. The Hall–Kier alpha value is -3.43. The Balaban J connectivity index is 0.000000400. The van der Waals surface area contributed by atoms with E-state index in [1.807, 2.05) is 31.2 Å². The van der Waals surface area contributed by atoms with Crippen molar-refractivity contribution in [2.45, 2.75) is 58.2 Å². The van der Waals surface area contributed by atoms with Crippen molar-refractivity contribution in [2.24, 2.45) is 5.92 Å². The van der Waals surface area contributed by atoms with Crippen LogP contribution in [0.2, 0.25) is 0 Å². The van der Waals surface area contributed by atoms with E-state index in [-0.39, 0.29) is 24.3 Å². The number of hydrogen-bond donors (Lipinski definition) is 1. The fourth-order valence-electron chi connectivity index (χ4n) is 5.25. The van der Waals surface area contributed by atoms with Crippen LogP contribution in [0.25, 0.3) is 11.1 Å². The molecule has 1 aliphatic carbocycles. The Morgan fingerprint density at radius 1 is 1.07 bits per heavy atom. The molecule has 3 aromatic carbocycles. The van der Waals surface area contributed by atoms with Gasteiger partial charge in [-0.1, -0.05) is 12.1 Å². The van der Waals surface area contributed by atoms with Gasteiger partial charge in [-0.15, -0.1) is 0 Å². The molecule has 0 spiro atoms. The van der Waals surface area contributed by atoms with Gasteiger partial charge in [0.2, 0.25) is 0 Å². The molecule has 2 aliphatic heterocycles. The number of carbonyl (C=O) groups is 1. The van der Waals surface area contributed by atoms with Crippen molar-refractivity contribution in [3.8, 4) is 28.4 Å². The molecule has 0 radical (unpaired) electrons. The van der Waals surface area contributed by atoms with Gasteiger partial charge < -0.3 is 24.1 Å². The fraction of sp³-hybridized carbons (Fsp3) is 0.441. The SMILES string of the molecule is CCOC(=O)C1CC1.Cc1cc(OCC2(O)CCS(=O)CC2)cc2c1-c1cc(COc3cccc(F)c3)ccc1OCC2. The van der Waals surface area contributed by atoms with Crippen LogP contribution in [0.4, 0.5) is 4.39 Å². The van der Waals surface area contributed by atoms with E-state index in [0.717, 1.165) is 58.6 Å². The number of aliphatic hydroxyl groups is 1. The van der Waals surface area contributed by atoms with Gasteiger partial charge in [-0.05, 0) is 98.2 Å². The molecule has 0 aromatic heterocycles. The highest BCUT2D eigenvalue weighted by atomic mass is 32.2. The van der Waals surface area contributed by atoms with E-state index in [1.54, 1.807) is 12.1 Å². The highest BCUT2D eigenvalue weighted by Gasteiger charge is 2.33. The van der Waals surface area contributed by atoms with E-state index in [0.29, 0.717) is 49.9 Å². The summed E-state index contributed by atoms with van der Waals surface area (Å²) in [6.45, 7) is 5.47. The highest BCUT2D eigenvalue weighted by Crippen LogP contribution is 2.40. The number of carbonyl (C=O) groups excluding carboxylic acids is 1. The maximum absolute atomic E-state index is 13.5. The van der Waals surface area contributed by atoms with E-state index in [4.69, 9.17) is 18.9 Å². The minimum Gasteiger partial charge on any atom is -0.493 e. The molecule has 2 heterocycles. The van der Waals surface area contributed by atoms with Crippen LogP contribution in [-0.2, 0) is 33.4 Å². The smallest absolute Gasteiger partial charge is 0.308 e. The number of benzene rings is 3. The Bertz CT molecular complexity index is 1460. The minimum atomic E-state index is -0.930. The van der Waals surface area contributed by atoms with Crippen molar-refractivity contribution in [2.75, 3.05) is 31.3 Å². The molecule has 0 atom stereocenters. The summed E-state index contributed by atoms with van der Waals surface area (Å²) < 4.78 is 47.7. The third kappa shape index (κ3) is 8.36. The summed E-state index contributed by atoms with van der Waals surface area (Å²) in [5.74, 6) is 2.98. The van der Waals surface area contributed by atoms with Gasteiger partial charge in [0.1, 0.15) is 41.9 Å². The minimum absolute atomic E-state index is 0.00694. The molecule has 7 nitrogen and oxygen atoms in total. The van der Waals surface area contributed by atoms with Gasteiger partial charge in [-0.3, -0.25) is 9.00 Å². The average Bonchev–Trinajstić information content (AvgIpc) is 3.85. The molecule has 3 aliphatic rings. The summed E-state index contributed by atoms with van der Waals surface area (Å²) in [5.41, 5.74) is 4.32. The Morgan fingerprint density at radius 2 is 1.86 bits per heavy atom. The number of rotatable bonds is 8. The van der Waals surface area contributed by atoms with Crippen LogP contribution in [0.5, 0.6) is 17.2 Å². The largest absolute Gasteiger partial charge is 0.493 e. The van der Waals surface area contributed by atoms with Crippen LogP contribution in [0, 0.1) is 18.7 Å². The molecule has 0 amide bonds. The summed E-state index contributed by atoms with van der Waals surface area (Å²) in [4.78, 5) is 10.6. The van der Waals surface area contributed by atoms with Crippen LogP contribution in [0.15, 0.2) is 54.6 Å². The lowest BCUT2D eigenvalue weighted by molar-refractivity contribution is -0.144. The van der Waals surface area contributed by atoms with Crippen LogP contribution in [0.1, 0.15) is 49.3 Å². The maximum Gasteiger partial charge on any atom is 0.308 e. The summed E-state index contributed by atoms with van der Waals surface area (Å²) in [5, 5.41) is 10.8. The molecule has 2 fully saturated rings. The summed E-state index contributed by atoms with van der Waals surface area (Å²) in [7, 11) is -0.834. The van der Waals surface area contributed by atoms with E-state index < -0.39 is 16.4 Å². The van der Waals surface area contributed by atoms with Crippen molar-refractivity contribution in [3.63, 3.8) is 0 Å². The summed E-state index contributed by atoms with van der Waals surface area (Å²) >= 11 is 0. The van der Waals surface area contributed by atoms with E-state index >= 15 is 0 Å². The predicted octanol–water partition coefficient (Wildman–Crippen LogP) is 5.93. The van der Waals surface area contributed by atoms with Gasteiger partial charge >= 0.3 is 5.97 Å². The quantitative estimate of drug-likeness (QED) is 0.316. The monoisotopic (exact) mass is 610 g/mol. The van der Waals surface area contributed by atoms with Gasteiger partial charge in [0.25, 0.3) is 0 Å². The number of halogens is 1.